The second kappa shape index (κ2) is 7.62. The number of carbonyl (C=O) groups is 2. The van der Waals surface area contributed by atoms with Gasteiger partial charge in [-0.1, -0.05) is 13.3 Å². The van der Waals surface area contributed by atoms with E-state index in [4.69, 9.17) is 4.74 Å². The Morgan fingerprint density at radius 3 is 2.50 bits per heavy atom. The Hall–Kier alpha value is -1.10. The summed E-state index contributed by atoms with van der Waals surface area (Å²) >= 11 is 0. The standard InChI is InChI=1S/C15H28N2O3/c1-5-8-15(9-7-10-16-15)14(19)17(12(3)4)11-13(18)20-6-2/h12,16H,5-11H2,1-4H3. The van der Waals surface area contributed by atoms with Gasteiger partial charge in [0.25, 0.3) is 0 Å². The molecule has 20 heavy (non-hydrogen) atoms. The summed E-state index contributed by atoms with van der Waals surface area (Å²) in [4.78, 5) is 26.2. The van der Waals surface area contributed by atoms with Gasteiger partial charge in [-0.2, -0.15) is 0 Å². The van der Waals surface area contributed by atoms with Crippen LogP contribution in [-0.2, 0) is 14.3 Å². The molecule has 5 nitrogen and oxygen atoms in total. The first-order valence-electron chi connectivity index (χ1n) is 7.68. The summed E-state index contributed by atoms with van der Waals surface area (Å²) in [7, 11) is 0. The molecular weight excluding hydrogens is 256 g/mol. The number of ether oxygens (including phenoxy) is 1. The third-order valence-corrected chi connectivity index (χ3v) is 3.82. The number of hydrogen-bond donors (Lipinski definition) is 1. The largest absolute Gasteiger partial charge is 0.465 e. The van der Waals surface area contributed by atoms with Crippen LogP contribution in [0.4, 0.5) is 0 Å². The van der Waals surface area contributed by atoms with Crippen molar-refractivity contribution in [3.8, 4) is 0 Å². The molecule has 1 atom stereocenters. The van der Waals surface area contributed by atoms with Crippen LogP contribution in [0, 0.1) is 0 Å². The molecule has 1 amide bonds. The topological polar surface area (TPSA) is 58.6 Å². The van der Waals surface area contributed by atoms with Crippen LogP contribution in [0.5, 0.6) is 0 Å². The Labute approximate surface area is 122 Å². The lowest BCUT2D eigenvalue weighted by atomic mass is 9.89. The Bertz CT molecular complexity index is 336. The Morgan fingerprint density at radius 1 is 1.35 bits per heavy atom. The Kier molecular flexibility index (Phi) is 6.46. The van der Waals surface area contributed by atoms with Crippen molar-refractivity contribution in [2.75, 3.05) is 19.7 Å². The van der Waals surface area contributed by atoms with Crippen molar-refractivity contribution in [2.45, 2.75) is 65.0 Å². The molecule has 116 valence electrons. The van der Waals surface area contributed by atoms with Crippen molar-refractivity contribution in [2.24, 2.45) is 0 Å². The first kappa shape index (κ1) is 17.0. The number of nitrogens with zero attached hydrogens (tertiary/aromatic N) is 1. The Morgan fingerprint density at radius 2 is 2.05 bits per heavy atom. The number of nitrogens with one attached hydrogen (secondary N) is 1. The fraction of sp³-hybridized carbons (Fsp3) is 0.867. The molecule has 1 fully saturated rings. The van der Waals surface area contributed by atoms with Gasteiger partial charge >= 0.3 is 5.97 Å². The molecule has 0 aromatic rings. The van der Waals surface area contributed by atoms with Gasteiger partial charge < -0.3 is 15.0 Å². The zero-order valence-corrected chi connectivity index (χ0v) is 13.2. The zero-order chi connectivity index (χ0) is 15.2. The lowest BCUT2D eigenvalue weighted by molar-refractivity contribution is -0.152. The molecular formula is C15H28N2O3. The molecule has 1 unspecified atom stereocenters. The van der Waals surface area contributed by atoms with E-state index in [-0.39, 0.29) is 24.5 Å². The maximum absolute atomic E-state index is 12.9. The average molecular weight is 284 g/mol. The number of esters is 1. The van der Waals surface area contributed by atoms with Crippen molar-refractivity contribution in [1.29, 1.82) is 0 Å². The van der Waals surface area contributed by atoms with Crippen LogP contribution in [-0.4, -0.2) is 48.1 Å². The van der Waals surface area contributed by atoms with Gasteiger partial charge in [0.1, 0.15) is 6.54 Å². The predicted molar refractivity (Wildman–Crippen MR) is 78.4 cm³/mol. The summed E-state index contributed by atoms with van der Waals surface area (Å²) in [5.41, 5.74) is -0.481. The maximum Gasteiger partial charge on any atom is 0.325 e. The van der Waals surface area contributed by atoms with Crippen LogP contribution in [0.15, 0.2) is 0 Å². The van der Waals surface area contributed by atoms with Gasteiger partial charge in [0.15, 0.2) is 0 Å². The second-order valence-corrected chi connectivity index (χ2v) is 5.69. The maximum atomic E-state index is 12.9. The lowest BCUT2D eigenvalue weighted by Gasteiger charge is -2.36. The van der Waals surface area contributed by atoms with Crippen molar-refractivity contribution in [3.05, 3.63) is 0 Å². The molecule has 1 aliphatic rings. The third kappa shape index (κ3) is 3.95. The fourth-order valence-electron chi connectivity index (χ4n) is 2.85. The minimum absolute atomic E-state index is 0.0111. The van der Waals surface area contributed by atoms with E-state index in [1.807, 2.05) is 13.8 Å². The summed E-state index contributed by atoms with van der Waals surface area (Å²) < 4.78 is 4.98. The van der Waals surface area contributed by atoms with Gasteiger partial charge in [-0.05, 0) is 46.6 Å². The van der Waals surface area contributed by atoms with E-state index in [2.05, 4.69) is 12.2 Å². The molecule has 1 rings (SSSR count). The van der Waals surface area contributed by atoms with Crippen LogP contribution in [0.2, 0.25) is 0 Å². The normalized spacial score (nSPS) is 22.1. The molecule has 1 heterocycles. The van der Waals surface area contributed by atoms with E-state index >= 15 is 0 Å². The van der Waals surface area contributed by atoms with Crippen molar-refractivity contribution in [1.82, 2.24) is 10.2 Å². The minimum Gasteiger partial charge on any atom is -0.465 e. The van der Waals surface area contributed by atoms with E-state index in [0.717, 1.165) is 32.2 Å². The van der Waals surface area contributed by atoms with Gasteiger partial charge in [0.2, 0.25) is 5.91 Å². The van der Waals surface area contributed by atoms with Crippen molar-refractivity contribution < 1.29 is 14.3 Å². The highest BCUT2D eigenvalue weighted by atomic mass is 16.5. The molecule has 0 radical (unpaired) electrons. The second-order valence-electron chi connectivity index (χ2n) is 5.69. The first-order valence-corrected chi connectivity index (χ1v) is 7.68. The molecule has 0 spiro atoms. The predicted octanol–water partition coefficient (Wildman–Crippen LogP) is 1.71. The molecule has 0 aliphatic carbocycles. The fourth-order valence-corrected chi connectivity index (χ4v) is 2.85. The van der Waals surface area contributed by atoms with Crippen molar-refractivity contribution in [3.63, 3.8) is 0 Å². The van der Waals surface area contributed by atoms with Crippen LogP contribution in [0.25, 0.3) is 0 Å². The molecule has 0 saturated carbocycles. The number of carbonyl (C=O) groups excluding carboxylic acids is 2. The Balaban J connectivity index is 2.84. The molecule has 0 aromatic carbocycles. The molecule has 1 N–H and O–H groups in total. The molecule has 1 aliphatic heterocycles. The summed E-state index contributed by atoms with van der Waals surface area (Å²) in [6.45, 7) is 8.99. The van der Waals surface area contributed by atoms with Crippen LogP contribution in [0.1, 0.15) is 53.4 Å². The molecule has 1 saturated heterocycles. The lowest BCUT2D eigenvalue weighted by Crippen LogP contribution is -2.57. The zero-order valence-electron chi connectivity index (χ0n) is 13.2. The minimum atomic E-state index is -0.481. The summed E-state index contributed by atoms with van der Waals surface area (Å²) in [5, 5.41) is 3.37. The highest BCUT2D eigenvalue weighted by Gasteiger charge is 2.43. The average Bonchev–Trinajstić information content (AvgIpc) is 2.85. The highest BCUT2D eigenvalue weighted by Crippen LogP contribution is 2.27. The van der Waals surface area contributed by atoms with E-state index in [0.29, 0.717) is 6.61 Å². The first-order chi connectivity index (χ1) is 9.46. The number of rotatable bonds is 7. The molecule has 5 heteroatoms. The van der Waals surface area contributed by atoms with Gasteiger partial charge in [0.05, 0.1) is 12.1 Å². The van der Waals surface area contributed by atoms with Gasteiger partial charge in [0, 0.05) is 6.04 Å². The smallest absolute Gasteiger partial charge is 0.325 e. The summed E-state index contributed by atoms with van der Waals surface area (Å²) in [5.74, 6) is -0.293. The van der Waals surface area contributed by atoms with Gasteiger partial charge in [-0.3, -0.25) is 9.59 Å². The van der Waals surface area contributed by atoms with Crippen LogP contribution >= 0.6 is 0 Å². The monoisotopic (exact) mass is 284 g/mol. The van der Waals surface area contributed by atoms with Crippen molar-refractivity contribution >= 4 is 11.9 Å². The van der Waals surface area contributed by atoms with E-state index < -0.39 is 5.54 Å². The van der Waals surface area contributed by atoms with Crippen LogP contribution < -0.4 is 5.32 Å². The number of hydrogen-bond acceptors (Lipinski definition) is 4. The van der Waals surface area contributed by atoms with E-state index in [1.165, 1.54) is 0 Å². The third-order valence-electron chi connectivity index (χ3n) is 3.82. The molecule has 0 bridgehead atoms. The van der Waals surface area contributed by atoms with Crippen LogP contribution in [0.3, 0.4) is 0 Å². The SMILES string of the molecule is CCCC1(C(=O)N(CC(=O)OCC)C(C)C)CCCN1. The van der Waals surface area contributed by atoms with E-state index in [1.54, 1.807) is 11.8 Å². The molecule has 0 aromatic heterocycles. The van der Waals surface area contributed by atoms with Gasteiger partial charge in [-0.25, -0.2) is 0 Å². The van der Waals surface area contributed by atoms with Gasteiger partial charge in [-0.15, -0.1) is 0 Å². The highest BCUT2D eigenvalue weighted by molar-refractivity contribution is 5.89. The summed E-state index contributed by atoms with van der Waals surface area (Å²) in [6, 6.07) is -0.0111. The van der Waals surface area contributed by atoms with E-state index in [9.17, 15) is 9.59 Å². The quantitative estimate of drug-likeness (QED) is 0.723. The summed E-state index contributed by atoms with van der Waals surface area (Å²) in [6.07, 6.45) is 3.63. The number of amides is 1.